The second-order valence-corrected chi connectivity index (χ2v) is 74.1. The van der Waals surface area contributed by atoms with Crippen LogP contribution in [-0.2, 0) is 115 Å². The number of amides is 12. The molecule has 0 bridgehead atoms. The number of hydrogen-bond acceptors (Lipinski definition) is 30. The Kier molecular flexibility index (Phi) is 63.2. The molecule has 0 aromatic heterocycles. The molecule has 0 aliphatic carbocycles. The first-order chi connectivity index (χ1) is 66.8. The van der Waals surface area contributed by atoms with Gasteiger partial charge in [0.1, 0.15) is 21.9 Å². The Morgan fingerprint density at radius 2 is 0.517 bits per heavy atom. The van der Waals surface area contributed by atoms with Crippen LogP contribution in [-0.4, -0.2) is 356 Å². The van der Waals surface area contributed by atoms with E-state index in [0.717, 1.165) is 42.0 Å². The topological polar surface area (TPSA) is 497 Å². The molecule has 0 aromatic rings. The number of nitrogens with zero attached hydrogens (tertiary/aromatic N) is 6. The van der Waals surface area contributed by atoms with Gasteiger partial charge in [0.25, 0.3) is 0 Å². The van der Waals surface area contributed by atoms with Crippen molar-refractivity contribution in [2.45, 2.75) is 345 Å². The predicted octanol–water partition coefficient (Wildman–Crippen LogP) is 14.4. The van der Waals surface area contributed by atoms with Gasteiger partial charge in [-0.1, -0.05) is 166 Å². The second-order valence-electron chi connectivity index (χ2n) is 42.7. The van der Waals surface area contributed by atoms with E-state index in [1.54, 1.807) is 53.3 Å². The number of rotatable bonds is 65. The van der Waals surface area contributed by atoms with E-state index in [4.69, 9.17) is 0 Å². The van der Waals surface area contributed by atoms with E-state index in [9.17, 15) is 114 Å². The zero-order valence-electron chi connectivity index (χ0n) is 91.3. The maximum Gasteiger partial charge on any atom is 0.242 e. The zero-order valence-corrected chi connectivity index (χ0v) is 103. The fourth-order valence-electron chi connectivity index (χ4n) is 16.0. The number of carbonyl (C=O) groups excluding carboxylic acids is 12. The molecule has 10 unspecified atom stereocenters. The average molecular weight is 2320 g/mol. The van der Waals surface area contributed by atoms with Crippen LogP contribution in [0.25, 0.3) is 0 Å². The van der Waals surface area contributed by atoms with E-state index >= 15 is 0 Å². The van der Waals surface area contributed by atoms with E-state index in [2.05, 4.69) is 75.4 Å². The lowest BCUT2D eigenvalue weighted by atomic mass is 10.1. The van der Waals surface area contributed by atoms with Crippen molar-refractivity contribution in [3.63, 3.8) is 0 Å². The van der Waals surface area contributed by atoms with Crippen LogP contribution in [0.2, 0.25) is 0 Å². The van der Waals surface area contributed by atoms with Gasteiger partial charge in [0, 0.05) is 153 Å². The number of sulfone groups is 3. The highest BCUT2D eigenvalue weighted by molar-refractivity contribution is 8.02. The summed E-state index contributed by atoms with van der Waals surface area (Å²) < 4.78 is 151. The van der Waals surface area contributed by atoms with Gasteiger partial charge in [0.05, 0.1) is 71.3 Å². The van der Waals surface area contributed by atoms with Gasteiger partial charge in [-0.2, -0.15) is 0 Å². The van der Waals surface area contributed by atoms with Crippen LogP contribution in [0.15, 0.2) is 0 Å². The molecular weight excluding hydrogens is 2140 g/mol. The van der Waals surface area contributed by atoms with Crippen molar-refractivity contribution in [2.75, 3.05) is 149 Å². The molecule has 844 valence electrons. The monoisotopic (exact) mass is 2320 g/mol. The summed E-state index contributed by atoms with van der Waals surface area (Å²) in [5.41, 5.74) is 0. The van der Waals surface area contributed by atoms with Crippen LogP contribution in [0, 0.1) is 35.5 Å². The number of hydrogen-bond donors (Lipinski definition) is 5. The Hall–Kier alpha value is -2.54. The Morgan fingerprint density at radius 3 is 0.779 bits per heavy atom. The van der Waals surface area contributed by atoms with E-state index < -0.39 is 79.8 Å². The second kappa shape index (κ2) is 66.1. The summed E-state index contributed by atoms with van der Waals surface area (Å²) in [5.74, 6) is -1.65. The van der Waals surface area contributed by atoms with Gasteiger partial charge >= 0.3 is 0 Å². The van der Waals surface area contributed by atoms with Gasteiger partial charge in [-0.05, 0) is 139 Å². The van der Waals surface area contributed by atoms with Crippen molar-refractivity contribution in [1.82, 2.24) is 49.4 Å². The fourth-order valence-corrected chi connectivity index (χ4v) is 39.5. The highest BCUT2D eigenvalue weighted by Crippen LogP contribution is 2.47. The summed E-state index contributed by atoms with van der Waals surface area (Å²) >= 11 is 8.97. The van der Waals surface area contributed by atoms with Crippen LogP contribution in [0.4, 0.5) is 0 Å². The average Bonchev–Trinajstić information content (AvgIpc) is 1.71. The molecule has 6 saturated heterocycles. The molecule has 0 saturated carbocycles. The normalized spacial score (nSPS) is 20.8. The van der Waals surface area contributed by atoms with Gasteiger partial charge in [0.2, 0.25) is 88.3 Å². The third kappa shape index (κ3) is 55.1. The third-order valence-corrected chi connectivity index (χ3v) is 49.4. The number of nitrogens with one attached hydrogen (secondary N) is 4. The lowest BCUT2D eigenvalue weighted by molar-refractivity contribution is -0.139. The summed E-state index contributed by atoms with van der Waals surface area (Å²) in [6, 6.07) is 0. The highest BCUT2D eigenvalue weighted by Gasteiger charge is 2.46. The maximum atomic E-state index is 13.7. The molecule has 6 aliphatic rings. The first-order valence-electron chi connectivity index (χ1n) is 51.7. The predicted molar refractivity (Wildman–Crippen MR) is 601 cm³/mol. The van der Waals surface area contributed by atoms with Crippen molar-refractivity contribution in [3.8, 4) is 0 Å². The Balaban J connectivity index is 0.000000616. The number of thioether (sulfide) groups is 6. The van der Waals surface area contributed by atoms with Crippen LogP contribution < -0.4 is 20.0 Å². The fraction of sp³-hybridized carbons (Fsp3) is 0.875. The van der Waals surface area contributed by atoms with Gasteiger partial charge in [-0.3, -0.25) is 107 Å². The van der Waals surface area contributed by atoms with Crippen LogP contribution in [0.5, 0.6) is 0 Å². The molecular formula is C96H180N10O25P4S10. The largest absolute Gasteiger partial charge is 0.344 e. The number of carbonyl (C=O) groups is 12. The molecule has 5 N–H and O–H groups in total. The molecule has 6 aliphatic heterocycles. The van der Waals surface area contributed by atoms with Crippen molar-refractivity contribution in [1.29, 1.82) is 0 Å². The molecule has 10 atom stereocenters. The third-order valence-electron chi connectivity index (χ3n) is 23.4. The summed E-state index contributed by atoms with van der Waals surface area (Å²) in [5, 5.41) is 8.72. The number of imide groups is 6. The summed E-state index contributed by atoms with van der Waals surface area (Å²) in [4.78, 5) is 165. The van der Waals surface area contributed by atoms with Crippen molar-refractivity contribution in [3.05, 3.63) is 0 Å². The quantitative estimate of drug-likeness (QED) is 0.0279. The SMILES string of the molecule is CC(C)CCNP(=O)(CCCN1C(=O)CC(SC(C)C)C1=O)CCC(C)C.CC(C)CCNP(=O)(CCCN1C(=O)CC(SC(C)C)C1=O)CCNS(=O)(=O)C(C)C.CC(C)CCP(=O)(CCCN1C(=O)CC(SC(C)C)C1=O)NCCN1C(=O)CC(SC(C)C)C1=O.CC(C)CS(=O)(=O)CCP(=O)(O)CCCN1C(=O)CC(SC(C)C)C1=O.CC(C)CS(=O)(=O)CCS(=O)(=O)CCCN1C(=O)CC(SC(C)C)C1=O. The lowest BCUT2D eigenvalue weighted by Gasteiger charge is -2.24. The molecule has 6 rings (SSSR count). The van der Waals surface area contributed by atoms with Gasteiger partial charge in [-0.15, -0.1) is 70.6 Å². The van der Waals surface area contributed by atoms with E-state index in [1.807, 2.05) is 83.1 Å². The molecule has 145 heavy (non-hydrogen) atoms. The van der Waals surface area contributed by atoms with Gasteiger partial charge < -0.3 is 18.6 Å². The minimum Gasteiger partial charge on any atom is -0.344 e. The number of likely N-dealkylation sites (tertiary alicyclic amines) is 6. The maximum absolute atomic E-state index is 13.7. The van der Waals surface area contributed by atoms with E-state index in [0.29, 0.717) is 98.5 Å². The van der Waals surface area contributed by atoms with Gasteiger partial charge in [0.15, 0.2) is 29.5 Å². The van der Waals surface area contributed by atoms with Crippen molar-refractivity contribution < 1.29 is 114 Å². The molecule has 0 radical (unpaired) electrons. The summed E-state index contributed by atoms with van der Waals surface area (Å²) in [7, 11) is -25.4. The number of sulfonamides is 1. The highest BCUT2D eigenvalue weighted by atomic mass is 32.2. The Bertz CT molecular complexity index is 4820. The van der Waals surface area contributed by atoms with Crippen LogP contribution >= 0.6 is 99.8 Å². The molecule has 6 heterocycles. The Morgan fingerprint density at radius 1 is 0.276 bits per heavy atom. The standard InChI is InChI=1S/C24H42N3O5PS2.C20H40N3O5PS2.C20H39N2O3PS.C16H30NO6PS2.C16H29NO6S3/c1-16(2)8-13-33(32,12-7-10-26-21(28)14-19(23(26)30)34-17(3)4)25-9-11-27-22(29)15-20(24(27)31)35-18(5)6;1-15(2)8-9-21-29(26,13-10-22-31(27,28)17(5)6)12-7-11-23-19(24)14-18(20(23)25)30-16(3)4;1-15(2)8-10-21-26(25,13-9-16(3)4)12-7-11-22-19(23)14-18(20(22)24)27-17(5)6;1-12(2)11-26(22,23)9-8-24(20,21)7-5-6-17-15(18)10-14(16(17)19)25-13(3)4;1-12(2)11-26(22,23)9-8-25(20,21)7-5-6-17-15(18)10-14(16(17)19)24-13(3)4/h16-20H,7-15H2,1-6H3,(H,25,32);15-18,22H,7-14H2,1-6H3,(H,21,26);15-18H,7-14H2,1-6H3,(H,21,25);12-14H,5-11H2,1-4H3,(H,20,21);12-14H,5-11H2,1-4H3. The minimum atomic E-state index is -3.60. The Labute approximate surface area is 896 Å². The van der Waals surface area contributed by atoms with Crippen molar-refractivity contribution in [2.24, 2.45) is 35.5 Å². The molecule has 0 aromatic carbocycles. The van der Waals surface area contributed by atoms with Crippen LogP contribution in [0.1, 0.15) is 276 Å². The lowest BCUT2D eigenvalue weighted by Crippen LogP contribution is -2.37. The summed E-state index contributed by atoms with van der Waals surface area (Å²) in [6.07, 6.45) is 8.99. The first kappa shape index (κ1) is 139. The molecule has 35 nitrogen and oxygen atoms in total. The molecule has 0 spiro atoms. The zero-order chi connectivity index (χ0) is 111. The molecule has 12 amide bonds. The molecule has 6 fully saturated rings. The first-order valence-corrected chi connectivity index (χ1v) is 72.6. The van der Waals surface area contributed by atoms with E-state index in [1.165, 1.54) is 78.4 Å². The van der Waals surface area contributed by atoms with Gasteiger partial charge in [-0.25, -0.2) is 38.4 Å². The summed E-state index contributed by atoms with van der Waals surface area (Å²) in [6.45, 7) is 54.2. The van der Waals surface area contributed by atoms with Crippen LogP contribution in [0.3, 0.4) is 0 Å². The minimum absolute atomic E-state index is 0.00130. The van der Waals surface area contributed by atoms with E-state index in [-0.39, 0.29) is 278 Å². The van der Waals surface area contributed by atoms with Crippen molar-refractivity contribution >= 4 is 210 Å². The molecule has 49 heteroatoms. The smallest absolute Gasteiger partial charge is 0.242 e.